The number of carbonyl (C=O) groups is 1. The van der Waals surface area contributed by atoms with E-state index in [0.29, 0.717) is 24.3 Å². The van der Waals surface area contributed by atoms with Crippen LogP contribution in [-0.2, 0) is 6.18 Å². The Bertz CT molecular complexity index is 726. The lowest BCUT2D eigenvalue weighted by molar-refractivity contribution is -0.139. The molecule has 2 nitrogen and oxygen atoms in total. The van der Waals surface area contributed by atoms with Crippen molar-refractivity contribution in [2.24, 2.45) is 0 Å². The maximum atomic E-state index is 13.1. The molecule has 0 aromatic heterocycles. The van der Waals surface area contributed by atoms with Crippen LogP contribution in [0.1, 0.15) is 15.9 Å². The molecular weight excluding hydrogens is 312 g/mol. The SMILES string of the molecule is O=C(Nc1ccc(F)c(C(F)(F)F)c1)c1ccc(F)c(F)c1. The number of carbonyl (C=O) groups excluding carboxylic acids is 1. The zero-order valence-electron chi connectivity index (χ0n) is 10.6. The van der Waals surface area contributed by atoms with Crippen LogP contribution in [0.4, 0.5) is 32.0 Å². The van der Waals surface area contributed by atoms with Gasteiger partial charge in [0.15, 0.2) is 11.6 Å². The van der Waals surface area contributed by atoms with Crippen molar-refractivity contribution in [1.29, 1.82) is 0 Å². The van der Waals surface area contributed by atoms with Crippen molar-refractivity contribution in [1.82, 2.24) is 0 Å². The van der Waals surface area contributed by atoms with E-state index in [4.69, 9.17) is 0 Å². The summed E-state index contributed by atoms with van der Waals surface area (Å²) < 4.78 is 76.5. The highest BCUT2D eigenvalue weighted by Gasteiger charge is 2.34. The number of amides is 1. The number of alkyl halides is 3. The summed E-state index contributed by atoms with van der Waals surface area (Å²) in [7, 11) is 0. The molecule has 2 rings (SSSR count). The van der Waals surface area contributed by atoms with Gasteiger partial charge in [-0.25, -0.2) is 13.2 Å². The monoisotopic (exact) mass is 319 g/mol. The zero-order valence-corrected chi connectivity index (χ0v) is 10.6. The number of hydrogen-bond donors (Lipinski definition) is 1. The molecule has 2 aromatic rings. The molecule has 2 aromatic carbocycles. The fraction of sp³-hybridized carbons (Fsp3) is 0.0714. The number of hydrogen-bond acceptors (Lipinski definition) is 1. The second kappa shape index (κ2) is 5.70. The van der Waals surface area contributed by atoms with Gasteiger partial charge in [0, 0.05) is 11.3 Å². The average Bonchev–Trinajstić information content (AvgIpc) is 2.42. The molecule has 0 aliphatic rings. The van der Waals surface area contributed by atoms with Gasteiger partial charge in [0.05, 0.1) is 5.56 Å². The summed E-state index contributed by atoms with van der Waals surface area (Å²) in [5.41, 5.74) is -2.17. The Hall–Kier alpha value is -2.51. The van der Waals surface area contributed by atoms with Crippen LogP contribution in [0, 0.1) is 17.5 Å². The van der Waals surface area contributed by atoms with Gasteiger partial charge in [0.25, 0.3) is 5.91 Å². The van der Waals surface area contributed by atoms with Crippen LogP contribution >= 0.6 is 0 Å². The van der Waals surface area contributed by atoms with E-state index in [0.717, 1.165) is 12.1 Å². The first-order valence-corrected chi connectivity index (χ1v) is 5.81. The molecular formula is C14H7F6NO. The van der Waals surface area contributed by atoms with Gasteiger partial charge in [-0.2, -0.15) is 13.2 Å². The van der Waals surface area contributed by atoms with Crippen LogP contribution in [-0.4, -0.2) is 5.91 Å². The van der Waals surface area contributed by atoms with Crippen LogP contribution in [0.2, 0.25) is 0 Å². The molecule has 8 heteroatoms. The van der Waals surface area contributed by atoms with Crippen molar-refractivity contribution >= 4 is 11.6 Å². The number of anilines is 1. The van der Waals surface area contributed by atoms with E-state index in [2.05, 4.69) is 0 Å². The molecule has 0 aliphatic heterocycles. The van der Waals surface area contributed by atoms with Gasteiger partial charge < -0.3 is 5.32 Å². The molecule has 1 amide bonds. The summed E-state index contributed by atoms with van der Waals surface area (Å²) in [4.78, 5) is 11.7. The van der Waals surface area contributed by atoms with Gasteiger partial charge in [0.1, 0.15) is 5.82 Å². The molecule has 0 bridgehead atoms. The van der Waals surface area contributed by atoms with E-state index in [1.54, 1.807) is 0 Å². The molecule has 116 valence electrons. The fourth-order valence-electron chi connectivity index (χ4n) is 1.66. The van der Waals surface area contributed by atoms with Crippen molar-refractivity contribution in [2.45, 2.75) is 6.18 Å². The van der Waals surface area contributed by atoms with E-state index >= 15 is 0 Å². The molecule has 0 spiro atoms. The number of nitrogens with one attached hydrogen (secondary N) is 1. The topological polar surface area (TPSA) is 29.1 Å². The Morgan fingerprint density at radius 2 is 1.50 bits per heavy atom. The fourth-order valence-corrected chi connectivity index (χ4v) is 1.66. The lowest BCUT2D eigenvalue weighted by atomic mass is 10.1. The molecule has 22 heavy (non-hydrogen) atoms. The van der Waals surface area contributed by atoms with Gasteiger partial charge in [-0.15, -0.1) is 0 Å². The number of rotatable bonds is 2. The number of halogens is 6. The van der Waals surface area contributed by atoms with Gasteiger partial charge in [-0.3, -0.25) is 4.79 Å². The van der Waals surface area contributed by atoms with Gasteiger partial charge in [-0.05, 0) is 36.4 Å². The highest BCUT2D eigenvalue weighted by molar-refractivity contribution is 6.04. The summed E-state index contributed by atoms with van der Waals surface area (Å²) in [6.45, 7) is 0. The lowest BCUT2D eigenvalue weighted by Gasteiger charge is -2.11. The van der Waals surface area contributed by atoms with Crippen molar-refractivity contribution < 1.29 is 31.1 Å². The molecule has 0 saturated carbocycles. The third-order valence-electron chi connectivity index (χ3n) is 2.71. The first kappa shape index (κ1) is 15.9. The maximum Gasteiger partial charge on any atom is 0.419 e. The normalized spacial score (nSPS) is 11.4. The average molecular weight is 319 g/mol. The Kier molecular flexibility index (Phi) is 4.11. The second-order valence-corrected chi connectivity index (χ2v) is 4.28. The van der Waals surface area contributed by atoms with E-state index in [9.17, 15) is 31.1 Å². The third-order valence-corrected chi connectivity index (χ3v) is 2.71. The summed E-state index contributed by atoms with van der Waals surface area (Å²) in [6, 6.07) is 4.13. The number of benzene rings is 2. The van der Waals surface area contributed by atoms with Crippen molar-refractivity contribution in [3.63, 3.8) is 0 Å². The van der Waals surface area contributed by atoms with Crippen molar-refractivity contribution in [3.05, 3.63) is 65.0 Å². The summed E-state index contributed by atoms with van der Waals surface area (Å²) in [5, 5.41) is 2.05. The predicted octanol–water partition coefficient (Wildman–Crippen LogP) is 4.38. The van der Waals surface area contributed by atoms with Crippen LogP contribution in [0.3, 0.4) is 0 Å². The molecule has 0 saturated heterocycles. The Labute approximate surface area is 120 Å². The minimum atomic E-state index is -4.92. The molecule has 0 fully saturated rings. The Morgan fingerprint density at radius 3 is 2.09 bits per heavy atom. The predicted molar refractivity (Wildman–Crippen MR) is 65.7 cm³/mol. The van der Waals surface area contributed by atoms with E-state index in [1.807, 2.05) is 5.32 Å². The lowest BCUT2D eigenvalue weighted by Crippen LogP contribution is -2.14. The zero-order chi connectivity index (χ0) is 16.5. The third kappa shape index (κ3) is 3.38. The molecule has 0 heterocycles. The summed E-state index contributed by atoms with van der Waals surface area (Å²) in [5.74, 6) is -4.89. The van der Waals surface area contributed by atoms with Gasteiger partial charge in [-0.1, -0.05) is 0 Å². The Balaban J connectivity index is 2.27. The highest BCUT2D eigenvalue weighted by Crippen LogP contribution is 2.33. The molecule has 0 unspecified atom stereocenters. The molecule has 0 atom stereocenters. The van der Waals surface area contributed by atoms with Crippen molar-refractivity contribution in [2.75, 3.05) is 5.32 Å². The van der Waals surface area contributed by atoms with Crippen molar-refractivity contribution in [3.8, 4) is 0 Å². The smallest absolute Gasteiger partial charge is 0.322 e. The molecule has 0 radical (unpaired) electrons. The molecule has 1 N–H and O–H groups in total. The minimum absolute atomic E-state index is 0.295. The highest BCUT2D eigenvalue weighted by atomic mass is 19.4. The Morgan fingerprint density at radius 1 is 0.864 bits per heavy atom. The van der Waals surface area contributed by atoms with Crippen LogP contribution in [0.15, 0.2) is 36.4 Å². The maximum absolute atomic E-state index is 13.1. The van der Waals surface area contributed by atoms with E-state index in [1.165, 1.54) is 0 Å². The van der Waals surface area contributed by atoms with Gasteiger partial charge >= 0.3 is 6.18 Å². The van der Waals surface area contributed by atoms with Crippen LogP contribution in [0.5, 0.6) is 0 Å². The first-order valence-electron chi connectivity index (χ1n) is 5.81. The largest absolute Gasteiger partial charge is 0.419 e. The quantitative estimate of drug-likeness (QED) is 0.818. The van der Waals surface area contributed by atoms with Crippen LogP contribution in [0.25, 0.3) is 0 Å². The summed E-state index contributed by atoms with van der Waals surface area (Å²) in [6.07, 6.45) is -4.92. The standard InChI is InChI=1S/C14H7F6NO/c15-10-4-2-8(6-9(10)14(18,19)20)21-13(22)7-1-3-11(16)12(17)5-7/h1-6H,(H,21,22). The van der Waals surface area contributed by atoms with E-state index < -0.39 is 35.1 Å². The van der Waals surface area contributed by atoms with E-state index in [-0.39, 0.29) is 11.3 Å². The first-order chi connectivity index (χ1) is 10.2. The minimum Gasteiger partial charge on any atom is -0.322 e. The van der Waals surface area contributed by atoms with Crippen LogP contribution < -0.4 is 5.32 Å². The molecule has 0 aliphatic carbocycles. The summed E-state index contributed by atoms with van der Waals surface area (Å²) >= 11 is 0. The second-order valence-electron chi connectivity index (χ2n) is 4.28. The van der Waals surface area contributed by atoms with Gasteiger partial charge in [0.2, 0.25) is 0 Å².